The molecule has 2 aromatic carbocycles. The number of amidine groups is 1. The molecule has 0 unspecified atom stereocenters. The Morgan fingerprint density at radius 1 is 0.913 bits per heavy atom. The second-order valence-corrected chi connectivity index (χ2v) is 5.16. The van der Waals surface area contributed by atoms with E-state index in [1.807, 2.05) is 24.3 Å². The lowest BCUT2D eigenvalue weighted by Crippen LogP contribution is -2.19. The van der Waals surface area contributed by atoms with Gasteiger partial charge in [0.15, 0.2) is 0 Å². The van der Waals surface area contributed by atoms with Crippen molar-refractivity contribution in [1.29, 1.82) is 0 Å². The third kappa shape index (κ3) is 2.70. The molecule has 2 heterocycles. The van der Waals surface area contributed by atoms with Gasteiger partial charge in [-0.1, -0.05) is 29.4 Å². The molecule has 6 heteroatoms. The molecule has 0 spiro atoms. The van der Waals surface area contributed by atoms with E-state index in [9.17, 15) is 4.39 Å². The zero-order valence-corrected chi connectivity index (χ0v) is 12.2. The molecule has 1 N–H and O–H groups in total. The van der Waals surface area contributed by atoms with Crippen LogP contribution in [0.5, 0.6) is 0 Å². The van der Waals surface area contributed by atoms with E-state index in [-0.39, 0.29) is 5.82 Å². The zero-order chi connectivity index (χ0) is 15.6. The summed E-state index contributed by atoms with van der Waals surface area (Å²) in [7, 11) is 0. The second-order valence-electron chi connectivity index (χ2n) is 5.16. The molecule has 0 fully saturated rings. The lowest BCUT2D eigenvalue weighted by Gasteiger charge is -2.02. The summed E-state index contributed by atoms with van der Waals surface area (Å²) in [6.45, 7) is 1.69. The topological polar surface area (TPSA) is 63.3 Å². The summed E-state index contributed by atoms with van der Waals surface area (Å²) in [6, 6.07) is 13.8. The number of nitrogens with zero attached hydrogens (tertiary/aromatic N) is 3. The molecule has 23 heavy (non-hydrogen) atoms. The van der Waals surface area contributed by atoms with Gasteiger partial charge in [0, 0.05) is 23.2 Å². The van der Waals surface area contributed by atoms with E-state index < -0.39 is 0 Å². The molecule has 0 saturated carbocycles. The van der Waals surface area contributed by atoms with Gasteiger partial charge in [0.05, 0.1) is 6.54 Å². The number of nitrogens with one attached hydrogen (secondary N) is 1. The molecule has 0 atom stereocenters. The van der Waals surface area contributed by atoms with Crippen LogP contribution in [0.3, 0.4) is 0 Å². The summed E-state index contributed by atoms with van der Waals surface area (Å²) in [5, 5.41) is 7.22. The van der Waals surface area contributed by atoms with E-state index in [4.69, 9.17) is 4.52 Å². The Bertz CT molecular complexity index is 853. The quantitative estimate of drug-likeness (QED) is 0.808. The number of hydrogen-bond donors (Lipinski definition) is 1. The van der Waals surface area contributed by atoms with Crippen LogP contribution < -0.4 is 5.32 Å². The number of benzene rings is 2. The summed E-state index contributed by atoms with van der Waals surface area (Å²) in [5.41, 5.74) is 2.57. The SMILES string of the molecule is Fc1ccc(-c2nc(-c3ccc(C4=NCCN4)cc3)no2)cc1. The van der Waals surface area contributed by atoms with E-state index in [0.717, 1.165) is 30.1 Å². The first-order valence-electron chi connectivity index (χ1n) is 7.28. The first-order chi connectivity index (χ1) is 11.3. The predicted molar refractivity (Wildman–Crippen MR) is 84.5 cm³/mol. The molecule has 1 aromatic heterocycles. The monoisotopic (exact) mass is 308 g/mol. The normalized spacial score (nSPS) is 13.7. The molecular weight excluding hydrogens is 295 g/mol. The molecular formula is C17H13FN4O. The fraction of sp³-hybridized carbons (Fsp3) is 0.118. The maximum atomic E-state index is 13.0. The minimum Gasteiger partial charge on any atom is -0.368 e. The Balaban J connectivity index is 1.60. The molecule has 0 aliphatic carbocycles. The molecule has 0 saturated heterocycles. The Hall–Kier alpha value is -3.02. The maximum absolute atomic E-state index is 13.0. The van der Waals surface area contributed by atoms with Gasteiger partial charge in [0.25, 0.3) is 5.89 Å². The van der Waals surface area contributed by atoms with Crippen LogP contribution in [0.4, 0.5) is 4.39 Å². The van der Waals surface area contributed by atoms with E-state index in [1.54, 1.807) is 12.1 Å². The van der Waals surface area contributed by atoms with Crippen molar-refractivity contribution < 1.29 is 8.91 Å². The standard InChI is InChI=1S/C17H13FN4O/c18-14-7-5-13(6-8-14)17-21-16(22-23-17)12-3-1-11(2-4-12)15-19-9-10-20-15/h1-8H,9-10H2,(H,19,20). The Labute approximate surface area is 131 Å². The summed E-state index contributed by atoms with van der Waals surface area (Å²) in [5.74, 6) is 1.48. The number of aromatic nitrogens is 2. The van der Waals surface area contributed by atoms with Gasteiger partial charge >= 0.3 is 0 Å². The second kappa shape index (κ2) is 5.64. The van der Waals surface area contributed by atoms with Crippen LogP contribution in [-0.2, 0) is 0 Å². The molecule has 1 aliphatic rings. The van der Waals surface area contributed by atoms with Crippen molar-refractivity contribution in [2.75, 3.05) is 13.1 Å². The van der Waals surface area contributed by atoms with Gasteiger partial charge in [-0.2, -0.15) is 4.98 Å². The minimum absolute atomic E-state index is 0.299. The number of rotatable bonds is 3. The van der Waals surface area contributed by atoms with Gasteiger partial charge < -0.3 is 9.84 Å². The number of halogens is 1. The highest BCUT2D eigenvalue weighted by molar-refractivity contribution is 6.00. The van der Waals surface area contributed by atoms with Crippen molar-refractivity contribution >= 4 is 5.84 Å². The fourth-order valence-corrected chi connectivity index (χ4v) is 2.42. The van der Waals surface area contributed by atoms with Crippen LogP contribution in [0, 0.1) is 5.82 Å². The molecule has 0 bridgehead atoms. The van der Waals surface area contributed by atoms with Crippen molar-refractivity contribution in [1.82, 2.24) is 15.5 Å². The first-order valence-corrected chi connectivity index (χ1v) is 7.28. The van der Waals surface area contributed by atoms with Crippen LogP contribution in [0.25, 0.3) is 22.8 Å². The van der Waals surface area contributed by atoms with Crippen LogP contribution in [0.1, 0.15) is 5.56 Å². The third-order valence-electron chi connectivity index (χ3n) is 3.61. The van der Waals surface area contributed by atoms with Gasteiger partial charge in [0.1, 0.15) is 11.7 Å². The molecule has 114 valence electrons. The smallest absolute Gasteiger partial charge is 0.258 e. The van der Waals surface area contributed by atoms with E-state index in [2.05, 4.69) is 20.4 Å². The summed E-state index contributed by atoms with van der Waals surface area (Å²) < 4.78 is 18.2. The molecule has 0 radical (unpaired) electrons. The highest BCUT2D eigenvalue weighted by Gasteiger charge is 2.12. The molecule has 0 amide bonds. The number of aliphatic imine (C=N–C) groups is 1. The van der Waals surface area contributed by atoms with Crippen LogP contribution in [0.2, 0.25) is 0 Å². The van der Waals surface area contributed by atoms with Gasteiger partial charge in [-0.05, 0) is 24.3 Å². The Morgan fingerprint density at radius 3 is 2.30 bits per heavy atom. The van der Waals surface area contributed by atoms with Crippen molar-refractivity contribution in [2.45, 2.75) is 0 Å². The fourth-order valence-electron chi connectivity index (χ4n) is 2.42. The summed E-state index contributed by atoms with van der Waals surface area (Å²) in [6.07, 6.45) is 0. The summed E-state index contributed by atoms with van der Waals surface area (Å²) in [4.78, 5) is 8.75. The van der Waals surface area contributed by atoms with Crippen LogP contribution >= 0.6 is 0 Å². The predicted octanol–water partition coefficient (Wildman–Crippen LogP) is 2.89. The zero-order valence-electron chi connectivity index (χ0n) is 12.2. The highest BCUT2D eigenvalue weighted by Crippen LogP contribution is 2.22. The van der Waals surface area contributed by atoms with Gasteiger partial charge in [0.2, 0.25) is 5.82 Å². The Kier molecular flexibility index (Phi) is 3.34. The van der Waals surface area contributed by atoms with Gasteiger partial charge in [-0.3, -0.25) is 4.99 Å². The average Bonchev–Trinajstić information content (AvgIpc) is 3.28. The maximum Gasteiger partial charge on any atom is 0.258 e. The third-order valence-corrected chi connectivity index (χ3v) is 3.61. The highest BCUT2D eigenvalue weighted by atomic mass is 19.1. The Morgan fingerprint density at radius 2 is 1.61 bits per heavy atom. The van der Waals surface area contributed by atoms with E-state index in [1.165, 1.54) is 12.1 Å². The van der Waals surface area contributed by atoms with Crippen LogP contribution in [-0.4, -0.2) is 29.1 Å². The summed E-state index contributed by atoms with van der Waals surface area (Å²) >= 11 is 0. The van der Waals surface area contributed by atoms with Crippen molar-refractivity contribution in [3.63, 3.8) is 0 Å². The van der Waals surface area contributed by atoms with E-state index >= 15 is 0 Å². The minimum atomic E-state index is -0.299. The van der Waals surface area contributed by atoms with Crippen molar-refractivity contribution in [3.8, 4) is 22.8 Å². The van der Waals surface area contributed by atoms with Gasteiger partial charge in [-0.15, -0.1) is 0 Å². The lowest BCUT2D eigenvalue weighted by molar-refractivity contribution is 0.432. The number of hydrogen-bond acceptors (Lipinski definition) is 5. The largest absolute Gasteiger partial charge is 0.368 e. The van der Waals surface area contributed by atoms with Crippen molar-refractivity contribution in [2.24, 2.45) is 4.99 Å². The lowest BCUT2D eigenvalue weighted by atomic mass is 10.1. The molecule has 5 nitrogen and oxygen atoms in total. The van der Waals surface area contributed by atoms with Crippen LogP contribution in [0.15, 0.2) is 58.0 Å². The molecule has 1 aliphatic heterocycles. The molecule has 3 aromatic rings. The average molecular weight is 308 g/mol. The van der Waals surface area contributed by atoms with Gasteiger partial charge in [-0.25, -0.2) is 4.39 Å². The first kappa shape index (κ1) is 13.6. The van der Waals surface area contributed by atoms with E-state index in [0.29, 0.717) is 17.3 Å². The van der Waals surface area contributed by atoms with Crippen molar-refractivity contribution in [3.05, 3.63) is 59.9 Å². The molecule has 4 rings (SSSR count).